The minimum Gasteiger partial charge on any atom is -0.496 e. The van der Waals surface area contributed by atoms with Crippen LogP contribution in [0.15, 0.2) is 24.3 Å². The third kappa shape index (κ3) is 5.43. The standard InChI is InChI=1S/C15H23NO3S/c1-4-9-16-13(10-20-11-15(17)19-3)12-7-5-6-8-14(12)18-2/h5-8,13,16H,4,9-11H2,1-3H3. The number of nitrogens with one attached hydrogen (secondary N) is 1. The van der Waals surface area contributed by atoms with E-state index in [-0.39, 0.29) is 12.0 Å². The van der Waals surface area contributed by atoms with Crippen molar-refractivity contribution in [2.75, 3.05) is 32.3 Å². The minimum atomic E-state index is -0.190. The highest BCUT2D eigenvalue weighted by Crippen LogP contribution is 2.27. The maximum Gasteiger partial charge on any atom is 0.315 e. The first-order chi connectivity index (χ1) is 9.72. The van der Waals surface area contributed by atoms with Crippen LogP contribution in [-0.2, 0) is 9.53 Å². The van der Waals surface area contributed by atoms with E-state index in [2.05, 4.69) is 23.0 Å². The molecule has 0 aliphatic heterocycles. The van der Waals surface area contributed by atoms with Gasteiger partial charge in [-0.25, -0.2) is 0 Å². The number of hydrogen-bond donors (Lipinski definition) is 1. The van der Waals surface area contributed by atoms with Crippen LogP contribution >= 0.6 is 11.8 Å². The first kappa shape index (κ1) is 16.9. The average Bonchev–Trinajstić information content (AvgIpc) is 2.50. The van der Waals surface area contributed by atoms with Gasteiger partial charge in [0.15, 0.2) is 0 Å². The van der Waals surface area contributed by atoms with E-state index in [1.807, 2.05) is 18.2 Å². The molecule has 1 aromatic carbocycles. The second-order valence-electron chi connectivity index (χ2n) is 4.34. The summed E-state index contributed by atoms with van der Waals surface area (Å²) < 4.78 is 10.1. The van der Waals surface area contributed by atoms with Gasteiger partial charge in [-0.05, 0) is 19.0 Å². The van der Waals surface area contributed by atoms with E-state index in [1.165, 1.54) is 7.11 Å². The van der Waals surface area contributed by atoms with E-state index >= 15 is 0 Å². The minimum absolute atomic E-state index is 0.167. The van der Waals surface area contributed by atoms with E-state index < -0.39 is 0 Å². The normalized spacial score (nSPS) is 11.9. The summed E-state index contributed by atoms with van der Waals surface area (Å²) in [6, 6.07) is 8.15. The van der Waals surface area contributed by atoms with Gasteiger partial charge in [-0.3, -0.25) is 4.79 Å². The number of carbonyl (C=O) groups is 1. The molecule has 5 heteroatoms. The maximum absolute atomic E-state index is 11.2. The molecule has 1 aromatic rings. The predicted octanol–water partition coefficient (Wildman–Crippen LogP) is 2.64. The second-order valence-corrected chi connectivity index (χ2v) is 5.37. The van der Waals surface area contributed by atoms with Crippen LogP contribution in [0.25, 0.3) is 0 Å². The van der Waals surface area contributed by atoms with Gasteiger partial charge >= 0.3 is 5.97 Å². The largest absolute Gasteiger partial charge is 0.496 e. The number of thioether (sulfide) groups is 1. The molecule has 1 atom stereocenters. The molecule has 0 aliphatic carbocycles. The number of benzene rings is 1. The Morgan fingerprint density at radius 3 is 2.75 bits per heavy atom. The van der Waals surface area contributed by atoms with Gasteiger partial charge in [0.1, 0.15) is 5.75 Å². The molecule has 1 rings (SSSR count). The number of ether oxygens (including phenoxy) is 2. The molecule has 0 saturated carbocycles. The van der Waals surface area contributed by atoms with Gasteiger partial charge in [-0.15, -0.1) is 11.8 Å². The quantitative estimate of drug-likeness (QED) is 0.710. The molecule has 112 valence electrons. The van der Waals surface area contributed by atoms with E-state index in [9.17, 15) is 4.79 Å². The van der Waals surface area contributed by atoms with Crippen molar-refractivity contribution in [3.63, 3.8) is 0 Å². The number of methoxy groups -OCH3 is 2. The molecule has 4 nitrogen and oxygen atoms in total. The van der Waals surface area contributed by atoms with Gasteiger partial charge in [0.05, 0.1) is 20.0 Å². The van der Waals surface area contributed by atoms with Crippen molar-refractivity contribution in [1.29, 1.82) is 0 Å². The third-order valence-corrected chi connectivity index (χ3v) is 3.90. The Bertz CT molecular complexity index is 412. The monoisotopic (exact) mass is 297 g/mol. The number of hydrogen-bond acceptors (Lipinski definition) is 5. The lowest BCUT2D eigenvalue weighted by molar-refractivity contribution is -0.137. The lowest BCUT2D eigenvalue weighted by Crippen LogP contribution is -2.25. The first-order valence-corrected chi connectivity index (χ1v) is 7.89. The molecule has 0 aromatic heterocycles. The summed E-state index contributed by atoms with van der Waals surface area (Å²) in [6.07, 6.45) is 1.06. The molecule has 0 saturated heterocycles. The summed E-state index contributed by atoms with van der Waals surface area (Å²) >= 11 is 1.57. The van der Waals surface area contributed by atoms with Crippen LogP contribution in [0, 0.1) is 0 Å². The average molecular weight is 297 g/mol. The molecule has 1 unspecified atom stereocenters. The summed E-state index contributed by atoms with van der Waals surface area (Å²) in [7, 11) is 3.09. The van der Waals surface area contributed by atoms with Crippen molar-refractivity contribution < 1.29 is 14.3 Å². The van der Waals surface area contributed by atoms with Crippen molar-refractivity contribution in [1.82, 2.24) is 5.32 Å². The van der Waals surface area contributed by atoms with E-state index in [1.54, 1.807) is 18.9 Å². The van der Waals surface area contributed by atoms with Gasteiger partial charge in [0, 0.05) is 17.4 Å². The highest BCUT2D eigenvalue weighted by molar-refractivity contribution is 7.99. The van der Waals surface area contributed by atoms with Gasteiger partial charge < -0.3 is 14.8 Å². The van der Waals surface area contributed by atoms with Crippen LogP contribution in [0.2, 0.25) is 0 Å². The fourth-order valence-electron chi connectivity index (χ4n) is 1.85. The fourth-order valence-corrected chi connectivity index (χ4v) is 2.79. The number of esters is 1. The highest BCUT2D eigenvalue weighted by atomic mass is 32.2. The number of carbonyl (C=O) groups excluding carboxylic acids is 1. The van der Waals surface area contributed by atoms with Gasteiger partial charge in [0.2, 0.25) is 0 Å². The molecule has 0 bridgehead atoms. The molecular weight excluding hydrogens is 274 g/mol. The highest BCUT2D eigenvalue weighted by Gasteiger charge is 2.15. The molecule has 0 spiro atoms. The zero-order chi connectivity index (χ0) is 14.8. The molecule has 0 aliphatic rings. The van der Waals surface area contributed by atoms with Crippen molar-refractivity contribution in [2.45, 2.75) is 19.4 Å². The van der Waals surface area contributed by atoms with E-state index in [4.69, 9.17) is 4.74 Å². The van der Waals surface area contributed by atoms with Crippen LogP contribution in [0.4, 0.5) is 0 Å². The Morgan fingerprint density at radius 1 is 1.35 bits per heavy atom. The Kier molecular flexibility index (Phi) is 8.14. The summed E-state index contributed by atoms with van der Waals surface area (Å²) in [5, 5.41) is 3.50. The van der Waals surface area contributed by atoms with E-state index in [0.717, 1.165) is 30.0 Å². The molecule has 0 fully saturated rings. The Hall–Kier alpha value is -1.20. The van der Waals surface area contributed by atoms with Crippen molar-refractivity contribution in [3.05, 3.63) is 29.8 Å². The van der Waals surface area contributed by atoms with Crippen LogP contribution in [0.5, 0.6) is 5.75 Å². The van der Waals surface area contributed by atoms with Gasteiger partial charge in [-0.1, -0.05) is 25.1 Å². The topological polar surface area (TPSA) is 47.6 Å². The van der Waals surface area contributed by atoms with Crippen LogP contribution in [0.1, 0.15) is 24.9 Å². The SMILES string of the molecule is CCCNC(CSCC(=O)OC)c1ccccc1OC. The van der Waals surface area contributed by atoms with E-state index in [0.29, 0.717) is 5.75 Å². The van der Waals surface area contributed by atoms with Crippen molar-refractivity contribution in [3.8, 4) is 5.75 Å². The molecular formula is C15H23NO3S. The number of rotatable bonds is 9. The number of para-hydroxylation sites is 1. The van der Waals surface area contributed by atoms with Crippen LogP contribution < -0.4 is 10.1 Å². The van der Waals surface area contributed by atoms with Crippen LogP contribution in [-0.4, -0.2) is 38.2 Å². The Labute approximate surface area is 125 Å². The zero-order valence-corrected chi connectivity index (χ0v) is 13.2. The molecule has 20 heavy (non-hydrogen) atoms. The Balaban J connectivity index is 2.69. The van der Waals surface area contributed by atoms with Gasteiger partial charge in [0.25, 0.3) is 0 Å². The third-order valence-electron chi connectivity index (χ3n) is 2.89. The smallest absolute Gasteiger partial charge is 0.315 e. The zero-order valence-electron chi connectivity index (χ0n) is 12.3. The fraction of sp³-hybridized carbons (Fsp3) is 0.533. The van der Waals surface area contributed by atoms with Gasteiger partial charge in [-0.2, -0.15) is 0 Å². The van der Waals surface area contributed by atoms with Crippen molar-refractivity contribution in [2.24, 2.45) is 0 Å². The molecule has 0 radical (unpaired) electrons. The summed E-state index contributed by atoms with van der Waals surface area (Å²) in [6.45, 7) is 3.06. The molecule has 1 N–H and O–H groups in total. The van der Waals surface area contributed by atoms with Crippen LogP contribution in [0.3, 0.4) is 0 Å². The predicted molar refractivity (Wildman–Crippen MR) is 83.4 cm³/mol. The lowest BCUT2D eigenvalue weighted by atomic mass is 10.1. The lowest BCUT2D eigenvalue weighted by Gasteiger charge is -2.20. The Morgan fingerprint density at radius 2 is 2.10 bits per heavy atom. The molecule has 0 heterocycles. The second kappa shape index (κ2) is 9.66. The summed E-state index contributed by atoms with van der Waals surface area (Å²) in [5.41, 5.74) is 1.13. The first-order valence-electron chi connectivity index (χ1n) is 6.73. The summed E-state index contributed by atoms with van der Waals surface area (Å²) in [4.78, 5) is 11.2. The van der Waals surface area contributed by atoms with Crippen molar-refractivity contribution >= 4 is 17.7 Å². The maximum atomic E-state index is 11.2. The summed E-state index contributed by atoms with van der Waals surface area (Å²) in [5.74, 6) is 1.86. The molecule has 0 amide bonds.